The Balaban J connectivity index is 1.58. The van der Waals surface area contributed by atoms with E-state index >= 15 is 0 Å². The van der Waals surface area contributed by atoms with Gasteiger partial charge in [0.15, 0.2) is 0 Å². The number of nitrogens with one attached hydrogen (secondary N) is 1. The first-order valence-corrected chi connectivity index (χ1v) is 8.17. The molecule has 2 aliphatic carbocycles. The van der Waals surface area contributed by atoms with Gasteiger partial charge in [0.05, 0.1) is 6.61 Å². The van der Waals surface area contributed by atoms with Crippen LogP contribution in [-0.4, -0.2) is 49.1 Å². The van der Waals surface area contributed by atoms with E-state index in [-0.39, 0.29) is 12.1 Å². The summed E-state index contributed by atoms with van der Waals surface area (Å²) in [5.74, 6) is 0.671. The number of nitrogens with zero attached hydrogens (tertiary/aromatic N) is 1. The number of rotatable bonds is 4. The number of hydrogen-bond donors (Lipinski definition) is 1. The maximum atomic E-state index is 12.2. The normalized spacial score (nSPS) is 30.7. The predicted molar refractivity (Wildman–Crippen MR) is 73.9 cm³/mol. The summed E-state index contributed by atoms with van der Waals surface area (Å²) in [5.41, 5.74) is 0.141. The zero-order valence-corrected chi connectivity index (χ0v) is 12.4. The van der Waals surface area contributed by atoms with Gasteiger partial charge in [0, 0.05) is 31.2 Å². The van der Waals surface area contributed by atoms with Gasteiger partial charge in [0.2, 0.25) is 0 Å². The first-order chi connectivity index (χ1) is 9.98. The second-order valence-corrected chi connectivity index (χ2v) is 6.89. The predicted octanol–water partition coefficient (Wildman–Crippen LogP) is 2.91. The van der Waals surface area contributed by atoms with Crippen LogP contribution in [0.15, 0.2) is 0 Å². The van der Waals surface area contributed by atoms with E-state index in [1.165, 1.54) is 32.1 Å². The summed E-state index contributed by atoms with van der Waals surface area (Å²) in [4.78, 5) is 2.27. The first kappa shape index (κ1) is 15.6. The number of hydrogen-bond acceptors (Lipinski definition) is 3. The quantitative estimate of drug-likeness (QED) is 0.864. The average molecular weight is 306 g/mol. The Morgan fingerprint density at radius 1 is 1.14 bits per heavy atom. The van der Waals surface area contributed by atoms with Crippen molar-refractivity contribution in [1.29, 1.82) is 0 Å². The van der Waals surface area contributed by atoms with Crippen molar-refractivity contribution in [1.82, 2.24) is 10.2 Å². The number of alkyl halides is 3. The van der Waals surface area contributed by atoms with Gasteiger partial charge >= 0.3 is 6.36 Å². The van der Waals surface area contributed by atoms with Crippen LogP contribution in [-0.2, 0) is 4.74 Å². The Hall–Kier alpha value is -0.330. The van der Waals surface area contributed by atoms with Crippen LogP contribution in [0.3, 0.4) is 0 Å². The van der Waals surface area contributed by atoms with Crippen LogP contribution in [0.5, 0.6) is 0 Å². The molecule has 3 nitrogen and oxygen atoms in total. The Labute approximate surface area is 124 Å². The summed E-state index contributed by atoms with van der Waals surface area (Å²) < 4.78 is 40.5. The lowest BCUT2D eigenvalue weighted by Gasteiger charge is -2.50. The highest BCUT2D eigenvalue weighted by molar-refractivity contribution is 5.03. The molecule has 1 heterocycles. The Bertz CT molecular complexity index is 351. The summed E-state index contributed by atoms with van der Waals surface area (Å²) in [6, 6.07) is 0.398. The fourth-order valence-electron chi connectivity index (χ4n) is 4.04. The van der Waals surface area contributed by atoms with Crippen LogP contribution < -0.4 is 5.32 Å². The molecule has 122 valence electrons. The average Bonchev–Trinajstić information content (AvgIpc) is 3.23. The van der Waals surface area contributed by atoms with Crippen LogP contribution in [0, 0.1) is 5.92 Å². The molecule has 0 aromatic rings. The van der Waals surface area contributed by atoms with Crippen LogP contribution in [0.2, 0.25) is 0 Å². The third kappa shape index (κ3) is 4.11. The van der Waals surface area contributed by atoms with Crippen molar-refractivity contribution in [3.8, 4) is 0 Å². The van der Waals surface area contributed by atoms with Crippen molar-refractivity contribution in [3.63, 3.8) is 0 Å². The molecule has 0 radical (unpaired) electrons. The molecular weight excluding hydrogens is 281 g/mol. The lowest BCUT2D eigenvalue weighted by Crippen LogP contribution is -2.65. The zero-order chi connectivity index (χ0) is 14.9. The van der Waals surface area contributed by atoms with Crippen LogP contribution in [0.1, 0.15) is 44.9 Å². The van der Waals surface area contributed by atoms with Gasteiger partial charge in [-0.05, 0) is 31.6 Å². The van der Waals surface area contributed by atoms with Gasteiger partial charge in [-0.3, -0.25) is 9.64 Å². The van der Waals surface area contributed by atoms with Crippen LogP contribution in [0.4, 0.5) is 13.2 Å². The van der Waals surface area contributed by atoms with E-state index in [0.717, 1.165) is 25.9 Å². The molecule has 0 bridgehead atoms. The van der Waals surface area contributed by atoms with E-state index < -0.39 is 6.36 Å². The molecule has 1 N–H and O–H groups in total. The maximum absolute atomic E-state index is 12.2. The number of halogens is 3. The highest BCUT2D eigenvalue weighted by Gasteiger charge is 2.44. The van der Waals surface area contributed by atoms with Gasteiger partial charge in [-0.15, -0.1) is 13.2 Å². The third-order valence-electron chi connectivity index (χ3n) is 5.28. The Morgan fingerprint density at radius 3 is 2.48 bits per heavy atom. The highest BCUT2D eigenvalue weighted by Crippen LogP contribution is 2.39. The first-order valence-electron chi connectivity index (χ1n) is 8.17. The second-order valence-electron chi connectivity index (χ2n) is 6.89. The minimum absolute atomic E-state index is 0.141. The minimum atomic E-state index is -4.51. The molecule has 3 fully saturated rings. The van der Waals surface area contributed by atoms with E-state index in [1.807, 2.05) is 0 Å². The van der Waals surface area contributed by atoms with E-state index in [2.05, 4.69) is 15.0 Å². The molecule has 1 atom stereocenters. The molecule has 1 spiro atoms. The van der Waals surface area contributed by atoms with E-state index in [4.69, 9.17) is 0 Å². The molecule has 2 saturated carbocycles. The summed E-state index contributed by atoms with van der Waals surface area (Å²) in [7, 11) is 0. The molecular formula is C15H25F3N2O. The molecule has 3 rings (SSSR count). The van der Waals surface area contributed by atoms with Crippen molar-refractivity contribution in [2.24, 2.45) is 5.92 Å². The van der Waals surface area contributed by atoms with Gasteiger partial charge in [0.1, 0.15) is 0 Å². The largest absolute Gasteiger partial charge is 0.522 e. The van der Waals surface area contributed by atoms with E-state index in [1.54, 1.807) is 0 Å². The number of piperazine rings is 1. The smallest absolute Gasteiger partial charge is 0.308 e. The molecule has 0 aromatic carbocycles. The zero-order valence-electron chi connectivity index (χ0n) is 12.4. The molecule has 0 amide bonds. The van der Waals surface area contributed by atoms with Gasteiger partial charge in [-0.25, -0.2) is 0 Å². The second kappa shape index (κ2) is 6.05. The van der Waals surface area contributed by atoms with Gasteiger partial charge in [-0.2, -0.15) is 0 Å². The van der Waals surface area contributed by atoms with E-state index in [9.17, 15) is 13.2 Å². The van der Waals surface area contributed by atoms with Crippen molar-refractivity contribution < 1.29 is 17.9 Å². The Kier molecular flexibility index (Phi) is 4.48. The summed E-state index contributed by atoms with van der Waals surface area (Å²) in [6.07, 6.45) is 3.98. The summed E-state index contributed by atoms with van der Waals surface area (Å²) in [5, 5.41) is 3.74. The summed E-state index contributed by atoms with van der Waals surface area (Å²) >= 11 is 0. The lowest BCUT2D eigenvalue weighted by molar-refractivity contribution is -0.325. The van der Waals surface area contributed by atoms with Crippen molar-refractivity contribution >= 4 is 0 Å². The number of ether oxygens (including phenoxy) is 1. The standard InChI is InChI=1S/C15H25F3N2O/c16-15(17,18)21-9-8-20-11-14(6-2-1-3-7-14)19-10-13(20)12-4-5-12/h12-13,19H,1-11H2. The summed E-state index contributed by atoms with van der Waals surface area (Å²) in [6.45, 7) is 1.96. The molecule has 3 aliphatic rings. The fourth-order valence-corrected chi connectivity index (χ4v) is 4.04. The highest BCUT2D eigenvalue weighted by atomic mass is 19.4. The topological polar surface area (TPSA) is 24.5 Å². The third-order valence-corrected chi connectivity index (χ3v) is 5.28. The van der Waals surface area contributed by atoms with Crippen molar-refractivity contribution in [2.45, 2.75) is 62.9 Å². The van der Waals surface area contributed by atoms with Gasteiger partial charge in [-0.1, -0.05) is 19.3 Å². The Morgan fingerprint density at radius 2 is 1.86 bits per heavy atom. The van der Waals surface area contributed by atoms with E-state index in [0.29, 0.717) is 18.5 Å². The minimum Gasteiger partial charge on any atom is -0.308 e. The lowest BCUT2D eigenvalue weighted by atomic mass is 9.79. The maximum Gasteiger partial charge on any atom is 0.522 e. The van der Waals surface area contributed by atoms with Crippen molar-refractivity contribution in [3.05, 3.63) is 0 Å². The monoisotopic (exact) mass is 306 g/mol. The SMILES string of the molecule is FC(F)(F)OCCN1CC2(CCCCC2)NCC1C1CC1. The molecule has 0 aromatic heterocycles. The van der Waals surface area contributed by atoms with Crippen molar-refractivity contribution in [2.75, 3.05) is 26.2 Å². The molecule has 1 aliphatic heterocycles. The molecule has 21 heavy (non-hydrogen) atoms. The molecule has 1 saturated heterocycles. The van der Waals surface area contributed by atoms with Gasteiger partial charge < -0.3 is 5.32 Å². The van der Waals surface area contributed by atoms with Crippen LogP contribution in [0.25, 0.3) is 0 Å². The fraction of sp³-hybridized carbons (Fsp3) is 1.00. The molecule has 6 heteroatoms. The van der Waals surface area contributed by atoms with Gasteiger partial charge in [0.25, 0.3) is 0 Å². The molecule has 1 unspecified atom stereocenters. The van der Waals surface area contributed by atoms with Crippen LogP contribution >= 0.6 is 0 Å².